The van der Waals surface area contributed by atoms with Gasteiger partial charge in [0, 0.05) is 39.4 Å². The lowest BCUT2D eigenvalue weighted by Crippen LogP contribution is -2.23. The summed E-state index contributed by atoms with van der Waals surface area (Å²) in [5.74, 6) is 1.13. The molecular formula is C32H41ClO6. The van der Waals surface area contributed by atoms with E-state index in [1.807, 2.05) is 84.0 Å². The van der Waals surface area contributed by atoms with Gasteiger partial charge in [-0.25, -0.2) is 0 Å². The van der Waals surface area contributed by atoms with Gasteiger partial charge >= 0.3 is 11.9 Å². The molecule has 0 bridgehead atoms. The summed E-state index contributed by atoms with van der Waals surface area (Å²) in [6.07, 6.45) is 3.51. The number of unbranched alkanes of at least 4 members (excludes halogenated alkanes) is 2. The Bertz CT molecular complexity index is 1290. The highest BCUT2D eigenvalue weighted by molar-refractivity contribution is 6.31. The van der Waals surface area contributed by atoms with E-state index in [-0.39, 0.29) is 11.9 Å². The van der Waals surface area contributed by atoms with Crippen LogP contribution in [0.4, 0.5) is 0 Å². The van der Waals surface area contributed by atoms with E-state index in [0.717, 1.165) is 39.5 Å². The summed E-state index contributed by atoms with van der Waals surface area (Å²) in [5.41, 5.74) is -0.957. The van der Waals surface area contributed by atoms with Gasteiger partial charge in [-0.05, 0) is 85.4 Å². The van der Waals surface area contributed by atoms with Crippen molar-refractivity contribution in [2.24, 2.45) is 0 Å². The van der Waals surface area contributed by atoms with Crippen molar-refractivity contribution in [2.75, 3.05) is 13.2 Å². The number of rotatable bonds is 12. The lowest BCUT2D eigenvalue weighted by atomic mass is 10.0. The molecule has 0 fully saturated rings. The maximum Gasteiger partial charge on any atom is 0.306 e. The number of benzene rings is 3. The summed E-state index contributed by atoms with van der Waals surface area (Å²) < 4.78 is 23.4. The first-order chi connectivity index (χ1) is 18.3. The Balaban J connectivity index is 1.71. The van der Waals surface area contributed by atoms with E-state index >= 15 is 0 Å². The van der Waals surface area contributed by atoms with Crippen LogP contribution in [-0.2, 0) is 19.1 Å². The predicted molar refractivity (Wildman–Crippen MR) is 157 cm³/mol. The van der Waals surface area contributed by atoms with Crippen molar-refractivity contribution in [3.05, 3.63) is 47.5 Å². The summed E-state index contributed by atoms with van der Waals surface area (Å²) in [4.78, 5) is 24.0. The summed E-state index contributed by atoms with van der Waals surface area (Å²) in [6, 6.07) is 13.7. The molecule has 0 unspecified atom stereocenters. The molecule has 0 atom stereocenters. The molecule has 0 aliphatic rings. The Labute approximate surface area is 236 Å². The molecule has 0 spiro atoms. The van der Waals surface area contributed by atoms with E-state index in [0.29, 0.717) is 50.3 Å². The molecule has 212 valence electrons. The van der Waals surface area contributed by atoms with Gasteiger partial charge in [0.2, 0.25) is 0 Å². The van der Waals surface area contributed by atoms with Gasteiger partial charge < -0.3 is 18.9 Å². The van der Waals surface area contributed by atoms with Crippen molar-refractivity contribution in [2.45, 2.75) is 91.3 Å². The third-order valence-electron chi connectivity index (χ3n) is 5.77. The molecule has 0 amide bonds. The maximum atomic E-state index is 12.0. The van der Waals surface area contributed by atoms with Crippen LogP contribution in [0.2, 0.25) is 5.02 Å². The summed E-state index contributed by atoms with van der Waals surface area (Å²) >= 11 is 6.39. The SMILES string of the molecule is CC(C)(C)OC(=O)CCCCOc1c2ccccc2c(OCCCCC(=O)OC(C)(C)C)c2cc(Cl)ccc12. The molecule has 39 heavy (non-hydrogen) atoms. The summed E-state index contributed by atoms with van der Waals surface area (Å²) in [5, 5.41) is 4.27. The standard InChI is InChI=1S/C32H41ClO6/c1-31(2,3)38-27(34)15-9-11-19-36-29-23-13-7-8-14-24(23)30(26-21-22(33)17-18-25(26)29)37-20-12-10-16-28(35)39-32(4,5)6/h7-8,13-14,17-18,21H,9-12,15-16,19-20H2,1-6H3. The molecule has 0 aromatic heterocycles. The van der Waals surface area contributed by atoms with Crippen molar-refractivity contribution < 1.29 is 28.5 Å². The minimum atomic E-state index is -0.480. The Hall–Kier alpha value is -2.99. The van der Waals surface area contributed by atoms with Crippen molar-refractivity contribution in [1.29, 1.82) is 0 Å². The van der Waals surface area contributed by atoms with E-state index in [1.54, 1.807) is 0 Å². The maximum absolute atomic E-state index is 12.0. The molecule has 7 heteroatoms. The van der Waals surface area contributed by atoms with Crippen molar-refractivity contribution in [3.63, 3.8) is 0 Å². The Morgan fingerprint density at radius 1 is 0.641 bits per heavy atom. The second-order valence-corrected chi connectivity index (χ2v) is 12.1. The van der Waals surface area contributed by atoms with Crippen LogP contribution in [0.25, 0.3) is 21.5 Å². The topological polar surface area (TPSA) is 71.1 Å². The highest BCUT2D eigenvalue weighted by Gasteiger charge is 2.19. The lowest BCUT2D eigenvalue weighted by Gasteiger charge is -2.20. The van der Waals surface area contributed by atoms with Crippen LogP contribution in [0.5, 0.6) is 11.5 Å². The molecule has 3 rings (SSSR count). The Kier molecular flexibility index (Phi) is 10.5. The smallest absolute Gasteiger partial charge is 0.306 e. The molecule has 0 aliphatic heterocycles. The number of carbonyl (C=O) groups excluding carboxylic acids is 2. The van der Waals surface area contributed by atoms with Gasteiger partial charge in [0.25, 0.3) is 0 Å². The third kappa shape index (κ3) is 9.61. The van der Waals surface area contributed by atoms with E-state index < -0.39 is 11.2 Å². The van der Waals surface area contributed by atoms with Crippen LogP contribution in [0.3, 0.4) is 0 Å². The van der Waals surface area contributed by atoms with Gasteiger partial charge in [-0.2, -0.15) is 0 Å². The average Bonchev–Trinajstić information content (AvgIpc) is 2.82. The molecule has 0 saturated carbocycles. The van der Waals surface area contributed by atoms with Crippen LogP contribution < -0.4 is 9.47 Å². The van der Waals surface area contributed by atoms with Crippen molar-refractivity contribution in [1.82, 2.24) is 0 Å². The van der Waals surface area contributed by atoms with Gasteiger partial charge in [-0.1, -0.05) is 35.9 Å². The first-order valence-electron chi connectivity index (χ1n) is 13.7. The minimum absolute atomic E-state index is 0.194. The lowest BCUT2D eigenvalue weighted by molar-refractivity contribution is -0.156. The van der Waals surface area contributed by atoms with Gasteiger partial charge in [-0.15, -0.1) is 0 Å². The van der Waals surface area contributed by atoms with Gasteiger partial charge in [-0.3, -0.25) is 9.59 Å². The van der Waals surface area contributed by atoms with E-state index in [9.17, 15) is 9.59 Å². The van der Waals surface area contributed by atoms with Crippen LogP contribution in [0.1, 0.15) is 80.1 Å². The zero-order chi connectivity index (χ0) is 28.6. The fourth-order valence-corrected chi connectivity index (χ4v) is 4.43. The van der Waals surface area contributed by atoms with Crippen LogP contribution in [0.15, 0.2) is 42.5 Å². The monoisotopic (exact) mass is 556 g/mol. The highest BCUT2D eigenvalue weighted by atomic mass is 35.5. The summed E-state index contributed by atoms with van der Waals surface area (Å²) in [7, 11) is 0. The molecule has 3 aromatic rings. The minimum Gasteiger partial charge on any atom is -0.492 e. The quantitative estimate of drug-likeness (QED) is 0.127. The molecule has 0 N–H and O–H groups in total. The van der Waals surface area contributed by atoms with E-state index in [4.69, 9.17) is 30.5 Å². The first kappa shape index (κ1) is 30.6. The summed E-state index contributed by atoms with van der Waals surface area (Å²) in [6.45, 7) is 12.1. The second kappa shape index (κ2) is 13.4. The number of hydrogen-bond donors (Lipinski definition) is 0. The largest absolute Gasteiger partial charge is 0.492 e. The van der Waals surface area contributed by atoms with Crippen molar-refractivity contribution >= 4 is 45.1 Å². The molecule has 0 aliphatic carbocycles. The van der Waals surface area contributed by atoms with E-state index in [1.165, 1.54) is 0 Å². The predicted octanol–water partition coefficient (Wildman–Crippen LogP) is 8.43. The molecule has 3 aromatic carbocycles. The van der Waals surface area contributed by atoms with E-state index in [2.05, 4.69) is 0 Å². The molecule has 6 nitrogen and oxygen atoms in total. The highest BCUT2D eigenvalue weighted by Crippen LogP contribution is 2.43. The van der Waals surface area contributed by atoms with Crippen LogP contribution in [0, 0.1) is 0 Å². The number of hydrogen-bond acceptors (Lipinski definition) is 6. The number of esters is 2. The average molecular weight is 557 g/mol. The molecular weight excluding hydrogens is 516 g/mol. The normalized spacial score (nSPS) is 12.0. The Morgan fingerprint density at radius 2 is 1.08 bits per heavy atom. The second-order valence-electron chi connectivity index (χ2n) is 11.7. The van der Waals surface area contributed by atoms with Crippen LogP contribution in [-0.4, -0.2) is 36.4 Å². The van der Waals surface area contributed by atoms with Gasteiger partial charge in [0.15, 0.2) is 0 Å². The van der Waals surface area contributed by atoms with Crippen molar-refractivity contribution in [3.8, 4) is 11.5 Å². The number of halogens is 1. The Morgan fingerprint density at radius 3 is 1.54 bits per heavy atom. The fourth-order valence-electron chi connectivity index (χ4n) is 4.26. The van der Waals surface area contributed by atoms with Gasteiger partial charge in [0.05, 0.1) is 13.2 Å². The third-order valence-corrected chi connectivity index (χ3v) is 6.01. The number of ether oxygens (including phenoxy) is 4. The van der Waals surface area contributed by atoms with Gasteiger partial charge in [0.1, 0.15) is 22.7 Å². The molecule has 0 saturated heterocycles. The molecule has 0 radical (unpaired) electrons. The zero-order valence-electron chi connectivity index (χ0n) is 24.0. The molecule has 0 heterocycles. The first-order valence-corrected chi connectivity index (χ1v) is 14.0. The zero-order valence-corrected chi connectivity index (χ0v) is 24.8. The van der Waals surface area contributed by atoms with Crippen LogP contribution >= 0.6 is 11.6 Å². The fraction of sp³-hybridized carbons (Fsp3) is 0.500. The number of carbonyl (C=O) groups is 2. The number of fused-ring (bicyclic) bond motifs is 2.